The van der Waals surface area contributed by atoms with Gasteiger partial charge in [0.05, 0.1) is 12.0 Å². The Balaban J connectivity index is 1.72. The van der Waals surface area contributed by atoms with Crippen LogP contribution < -0.4 is 5.73 Å². The molecule has 3 fully saturated rings. The zero-order valence-corrected chi connectivity index (χ0v) is 10.9. The summed E-state index contributed by atoms with van der Waals surface area (Å²) in [4.78, 5) is 24.2. The Kier molecular flexibility index (Phi) is 2.46. The highest BCUT2D eigenvalue weighted by atomic mass is 16.5. The van der Waals surface area contributed by atoms with Gasteiger partial charge >= 0.3 is 5.97 Å². The number of carbonyl (C=O) groups excluding carboxylic acids is 2. The minimum Gasteiger partial charge on any atom is -0.466 e. The molecule has 19 heavy (non-hydrogen) atoms. The van der Waals surface area contributed by atoms with Crippen molar-refractivity contribution in [3.8, 4) is 0 Å². The van der Waals surface area contributed by atoms with Crippen molar-refractivity contribution >= 4 is 17.4 Å². The first-order chi connectivity index (χ1) is 9.01. The van der Waals surface area contributed by atoms with Gasteiger partial charge in [-0.3, -0.25) is 9.59 Å². The Hall–Kier alpha value is -1.84. The monoisotopic (exact) mass is 259 g/mol. The fourth-order valence-corrected chi connectivity index (χ4v) is 3.52. The van der Waals surface area contributed by atoms with E-state index in [1.807, 2.05) is 0 Å². The van der Waals surface area contributed by atoms with E-state index in [-0.39, 0.29) is 22.6 Å². The second-order valence-corrected chi connectivity index (χ2v) is 5.77. The predicted molar refractivity (Wildman–Crippen MR) is 70.5 cm³/mol. The Bertz CT molecular complexity index is 544. The molecule has 0 heterocycles. The summed E-state index contributed by atoms with van der Waals surface area (Å²) in [7, 11) is 0. The zero-order valence-electron chi connectivity index (χ0n) is 10.9. The molecule has 0 unspecified atom stereocenters. The van der Waals surface area contributed by atoms with Crippen LogP contribution in [0, 0.1) is 10.8 Å². The van der Waals surface area contributed by atoms with Crippen molar-refractivity contribution < 1.29 is 14.3 Å². The molecule has 4 nitrogen and oxygen atoms in total. The lowest BCUT2D eigenvalue weighted by molar-refractivity contribution is -0.209. The first-order valence-corrected chi connectivity index (χ1v) is 6.59. The van der Waals surface area contributed by atoms with Gasteiger partial charge in [0.25, 0.3) is 0 Å². The quantitative estimate of drug-likeness (QED) is 0.511. The van der Waals surface area contributed by atoms with E-state index in [1.54, 1.807) is 31.2 Å². The van der Waals surface area contributed by atoms with Crippen molar-refractivity contribution in [2.75, 3.05) is 12.3 Å². The average molecular weight is 259 g/mol. The van der Waals surface area contributed by atoms with Crippen molar-refractivity contribution in [1.82, 2.24) is 0 Å². The predicted octanol–water partition coefficient (Wildman–Crippen LogP) is 2.18. The summed E-state index contributed by atoms with van der Waals surface area (Å²) in [6.07, 6.45) is 1.89. The maximum atomic E-state index is 12.5. The lowest BCUT2D eigenvalue weighted by Gasteiger charge is -2.67. The van der Waals surface area contributed by atoms with E-state index < -0.39 is 0 Å². The highest BCUT2D eigenvalue weighted by Crippen LogP contribution is 2.74. The molecule has 3 aliphatic carbocycles. The summed E-state index contributed by atoms with van der Waals surface area (Å²) in [5.41, 5.74) is 6.24. The van der Waals surface area contributed by atoms with Crippen molar-refractivity contribution in [2.24, 2.45) is 10.8 Å². The van der Waals surface area contributed by atoms with Gasteiger partial charge in [-0.15, -0.1) is 0 Å². The number of esters is 1. The summed E-state index contributed by atoms with van der Waals surface area (Å²) in [6.45, 7) is 2.20. The SMILES string of the molecule is CCOC(=O)C12CC(C(=O)c3cccc(N)c3)(C1)C2. The minimum atomic E-state index is -0.369. The minimum absolute atomic E-state index is 0.117. The molecule has 100 valence electrons. The Morgan fingerprint density at radius 3 is 2.53 bits per heavy atom. The van der Waals surface area contributed by atoms with E-state index >= 15 is 0 Å². The maximum absolute atomic E-state index is 12.5. The highest BCUT2D eigenvalue weighted by Gasteiger charge is 2.75. The third kappa shape index (κ3) is 1.59. The van der Waals surface area contributed by atoms with Crippen LogP contribution in [0.4, 0.5) is 5.69 Å². The number of ether oxygens (including phenoxy) is 1. The first-order valence-electron chi connectivity index (χ1n) is 6.59. The number of hydrogen-bond acceptors (Lipinski definition) is 4. The summed E-state index contributed by atoms with van der Waals surface area (Å²) in [5.74, 6) is -0.0248. The number of carbonyl (C=O) groups is 2. The molecule has 2 bridgehead atoms. The maximum Gasteiger partial charge on any atom is 0.312 e. The molecule has 4 heteroatoms. The van der Waals surface area contributed by atoms with E-state index in [0.717, 1.165) is 0 Å². The number of ketones is 1. The molecule has 1 aromatic rings. The van der Waals surface area contributed by atoms with Gasteiger partial charge in [0.15, 0.2) is 5.78 Å². The van der Waals surface area contributed by atoms with Crippen LogP contribution >= 0.6 is 0 Å². The van der Waals surface area contributed by atoms with Crippen LogP contribution in [0.2, 0.25) is 0 Å². The molecule has 0 amide bonds. The highest BCUT2D eigenvalue weighted by molar-refractivity contribution is 6.05. The number of hydrogen-bond donors (Lipinski definition) is 1. The Labute approximate surface area is 111 Å². The Morgan fingerprint density at radius 2 is 1.95 bits per heavy atom. The molecular formula is C15H17NO3. The summed E-state index contributed by atoms with van der Waals surface area (Å²) in [5, 5.41) is 0. The molecule has 0 atom stereocenters. The number of rotatable bonds is 4. The smallest absolute Gasteiger partial charge is 0.312 e. The molecule has 3 aliphatic rings. The van der Waals surface area contributed by atoms with Gasteiger partial charge in [0.1, 0.15) is 0 Å². The fourth-order valence-electron chi connectivity index (χ4n) is 3.52. The van der Waals surface area contributed by atoms with Crippen molar-refractivity contribution in [3.63, 3.8) is 0 Å². The second kappa shape index (κ2) is 3.83. The molecule has 3 saturated carbocycles. The van der Waals surface area contributed by atoms with Gasteiger partial charge in [0.2, 0.25) is 0 Å². The molecule has 2 N–H and O–H groups in total. The molecule has 4 rings (SSSR count). The number of nitrogen functional groups attached to an aromatic ring is 1. The zero-order chi connectivity index (χ0) is 13.7. The Morgan fingerprint density at radius 1 is 1.26 bits per heavy atom. The van der Waals surface area contributed by atoms with Crippen molar-refractivity contribution in [2.45, 2.75) is 26.2 Å². The van der Waals surface area contributed by atoms with E-state index in [4.69, 9.17) is 10.5 Å². The summed E-state index contributed by atoms with van der Waals surface area (Å²) >= 11 is 0. The first kappa shape index (κ1) is 12.2. The van der Waals surface area contributed by atoms with E-state index in [1.165, 1.54) is 0 Å². The van der Waals surface area contributed by atoms with Crippen LogP contribution in [0.1, 0.15) is 36.5 Å². The third-order valence-electron chi connectivity index (χ3n) is 4.37. The third-order valence-corrected chi connectivity index (χ3v) is 4.37. The lowest BCUT2D eigenvalue weighted by Crippen LogP contribution is -2.68. The summed E-state index contributed by atoms with van der Waals surface area (Å²) in [6, 6.07) is 7.05. The number of anilines is 1. The largest absolute Gasteiger partial charge is 0.466 e. The molecular weight excluding hydrogens is 242 g/mol. The van der Waals surface area contributed by atoms with Crippen LogP contribution in [0.5, 0.6) is 0 Å². The van der Waals surface area contributed by atoms with E-state index in [0.29, 0.717) is 37.1 Å². The van der Waals surface area contributed by atoms with Gasteiger partial charge in [0, 0.05) is 16.7 Å². The standard InChI is InChI=1S/C15H17NO3/c1-2-19-13(18)15-7-14(8-15,9-15)12(17)10-4-3-5-11(16)6-10/h3-6H,2,7-9,16H2,1H3. The van der Waals surface area contributed by atoms with Crippen LogP contribution in [0.25, 0.3) is 0 Å². The van der Waals surface area contributed by atoms with Crippen LogP contribution in [0.3, 0.4) is 0 Å². The molecule has 0 aromatic heterocycles. The fraction of sp³-hybridized carbons (Fsp3) is 0.467. The second-order valence-electron chi connectivity index (χ2n) is 5.77. The van der Waals surface area contributed by atoms with E-state index in [9.17, 15) is 9.59 Å². The van der Waals surface area contributed by atoms with Gasteiger partial charge < -0.3 is 10.5 Å². The van der Waals surface area contributed by atoms with Crippen LogP contribution in [0.15, 0.2) is 24.3 Å². The normalized spacial score (nSPS) is 31.0. The van der Waals surface area contributed by atoms with Crippen molar-refractivity contribution in [3.05, 3.63) is 29.8 Å². The molecule has 0 radical (unpaired) electrons. The van der Waals surface area contributed by atoms with Gasteiger partial charge in [-0.1, -0.05) is 12.1 Å². The number of benzene rings is 1. The van der Waals surface area contributed by atoms with Crippen molar-refractivity contribution in [1.29, 1.82) is 0 Å². The van der Waals surface area contributed by atoms with Gasteiger partial charge in [-0.2, -0.15) is 0 Å². The van der Waals surface area contributed by atoms with E-state index in [2.05, 4.69) is 0 Å². The number of Topliss-reactive ketones (excluding diaryl/α,β-unsaturated/α-hetero) is 1. The lowest BCUT2D eigenvalue weighted by atomic mass is 9.33. The molecule has 0 spiro atoms. The molecule has 0 aliphatic heterocycles. The molecule has 1 aromatic carbocycles. The van der Waals surface area contributed by atoms with Crippen LogP contribution in [-0.2, 0) is 9.53 Å². The van der Waals surface area contributed by atoms with Gasteiger partial charge in [-0.25, -0.2) is 0 Å². The topological polar surface area (TPSA) is 69.4 Å². The van der Waals surface area contributed by atoms with Gasteiger partial charge in [-0.05, 0) is 38.3 Å². The summed E-state index contributed by atoms with van der Waals surface area (Å²) < 4.78 is 5.07. The molecule has 0 saturated heterocycles. The number of nitrogens with two attached hydrogens (primary N) is 1. The average Bonchev–Trinajstić information content (AvgIpc) is 2.25. The van der Waals surface area contributed by atoms with Crippen LogP contribution in [-0.4, -0.2) is 18.4 Å².